The summed E-state index contributed by atoms with van der Waals surface area (Å²) in [7, 11) is 1.66. The van der Waals surface area contributed by atoms with E-state index < -0.39 is 29.5 Å². The molecule has 4 aromatic rings. The number of pyridine rings is 2. The number of hydrogen-bond donors (Lipinski definition) is 3. The van der Waals surface area contributed by atoms with Crippen LogP contribution in [-0.2, 0) is 0 Å². The molecule has 4 heterocycles. The lowest BCUT2D eigenvalue weighted by molar-refractivity contribution is 0.0949. The molecule has 1 fully saturated rings. The van der Waals surface area contributed by atoms with Crippen molar-refractivity contribution in [3.63, 3.8) is 0 Å². The first-order chi connectivity index (χ1) is 17.0. The Labute approximate surface area is 199 Å². The molecule has 0 spiro atoms. The Morgan fingerprint density at radius 3 is 2.69 bits per heavy atom. The summed E-state index contributed by atoms with van der Waals surface area (Å²) in [6.45, 7) is 4.00. The minimum atomic E-state index is -1.04. The Hall–Kier alpha value is -4.35. The Balaban J connectivity index is 0.00000141. The van der Waals surface area contributed by atoms with Crippen molar-refractivity contribution in [1.82, 2.24) is 29.5 Å². The third-order valence-electron chi connectivity index (χ3n) is 5.18. The van der Waals surface area contributed by atoms with Gasteiger partial charge in [-0.3, -0.25) is 14.2 Å². The van der Waals surface area contributed by atoms with Crippen molar-refractivity contribution in [2.45, 2.75) is 32.5 Å². The van der Waals surface area contributed by atoms with Crippen LogP contribution in [0, 0.1) is 5.82 Å². The summed E-state index contributed by atoms with van der Waals surface area (Å²) in [6, 6.07) is 6.81. The number of carbonyl (C=O) groups excluding carboxylic acids is 1. The summed E-state index contributed by atoms with van der Waals surface area (Å²) in [4.78, 5) is 33.9. The number of amides is 1. The molecule has 182 valence electrons. The quantitative estimate of drug-likeness (QED) is 0.387. The number of aromatic nitrogens is 5. The monoisotopic (exact) mass is 482 g/mol. The molecule has 35 heavy (non-hydrogen) atoms. The second kappa shape index (κ2) is 9.87. The molecule has 0 aliphatic heterocycles. The van der Waals surface area contributed by atoms with Gasteiger partial charge in [0.05, 0.1) is 12.2 Å². The van der Waals surface area contributed by atoms with E-state index in [1.54, 1.807) is 19.2 Å². The SMILES string of the molecule is CC.CNc1cc(Nc2cccn(-c3ncccc3F)c2=O)nc2c(C(=O)NC3CC3F)cnn12. The minimum absolute atomic E-state index is 0.116. The number of hydrogen-bond acceptors (Lipinski definition) is 7. The van der Waals surface area contributed by atoms with Gasteiger partial charge in [-0.15, -0.1) is 0 Å². The van der Waals surface area contributed by atoms with Crippen LogP contribution in [-0.4, -0.2) is 49.3 Å². The van der Waals surface area contributed by atoms with Crippen molar-refractivity contribution in [1.29, 1.82) is 0 Å². The van der Waals surface area contributed by atoms with Crippen LogP contribution in [0.3, 0.4) is 0 Å². The van der Waals surface area contributed by atoms with Crippen molar-refractivity contribution in [3.8, 4) is 5.82 Å². The number of anilines is 3. The first-order valence-corrected chi connectivity index (χ1v) is 11.1. The smallest absolute Gasteiger partial charge is 0.280 e. The van der Waals surface area contributed by atoms with E-state index in [9.17, 15) is 18.4 Å². The zero-order valence-corrected chi connectivity index (χ0v) is 19.3. The topological polar surface area (TPSA) is 118 Å². The van der Waals surface area contributed by atoms with Crippen molar-refractivity contribution in [2.24, 2.45) is 0 Å². The van der Waals surface area contributed by atoms with Gasteiger partial charge in [0.15, 0.2) is 17.3 Å². The zero-order valence-electron chi connectivity index (χ0n) is 19.3. The molecule has 3 N–H and O–H groups in total. The highest BCUT2D eigenvalue weighted by atomic mass is 19.1. The van der Waals surface area contributed by atoms with E-state index in [-0.39, 0.29) is 35.0 Å². The average Bonchev–Trinajstić information content (AvgIpc) is 3.38. The molecule has 4 aromatic heterocycles. The molecular formula is C23H24F2N8O2. The molecule has 2 atom stereocenters. The largest absolute Gasteiger partial charge is 0.373 e. The van der Waals surface area contributed by atoms with E-state index in [0.717, 1.165) is 4.57 Å². The van der Waals surface area contributed by atoms with Gasteiger partial charge >= 0.3 is 0 Å². The molecule has 1 saturated carbocycles. The predicted molar refractivity (Wildman–Crippen MR) is 128 cm³/mol. The number of nitrogens with one attached hydrogen (secondary N) is 3. The average molecular weight is 482 g/mol. The molecule has 0 bridgehead atoms. The normalized spacial score (nSPS) is 16.3. The molecular weight excluding hydrogens is 458 g/mol. The summed E-state index contributed by atoms with van der Waals surface area (Å²) in [5, 5.41) is 12.7. The number of nitrogens with zero attached hydrogens (tertiary/aromatic N) is 5. The number of rotatable bonds is 6. The fourth-order valence-corrected chi connectivity index (χ4v) is 3.37. The number of halogens is 2. The lowest BCUT2D eigenvalue weighted by Gasteiger charge is -2.12. The van der Waals surface area contributed by atoms with Gasteiger partial charge < -0.3 is 16.0 Å². The van der Waals surface area contributed by atoms with Gasteiger partial charge in [0.25, 0.3) is 11.5 Å². The molecule has 0 aromatic carbocycles. The maximum atomic E-state index is 14.2. The second-order valence-corrected chi connectivity index (χ2v) is 7.43. The van der Waals surface area contributed by atoms with Gasteiger partial charge in [0.1, 0.15) is 29.1 Å². The molecule has 0 saturated heterocycles. The van der Waals surface area contributed by atoms with Gasteiger partial charge in [-0.2, -0.15) is 9.61 Å². The third-order valence-corrected chi connectivity index (χ3v) is 5.18. The first kappa shape index (κ1) is 23.8. The summed E-state index contributed by atoms with van der Waals surface area (Å²) >= 11 is 0. The zero-order chi connectivity index (χ0) is 25.1. The lowest BCUT2D eigenvalue weighted by atomic mass is 10.3. The van der Waals surface area contributed by atoms with Crippen LogP contribution >= 0.6 is 0 Å². The highest BCUT2D eigenvalue weighted by molar-refractivity contribution is 6.00. The molecule has 5 rings (SSSR count). The van der Waals surface area contributed by atoms with Gasteiger partial charge in [0, 0.05) is 31.9 Å². The maximum absolute atomic E-state index is 14.2. The molecule has 1 aliphatic rings. The minimum Gasteiger partial charge on any atom is -0.373 e. The van der Waals surface area contributed by atoms with Crippen LogP contribution in [0.1, 0.15) is 30.6 Å². The Morgan fingerprint density at radius 2 is 2.00 bits per heavy atom. The van der Waals surface area contributed by atoms with E-state index in [4.69, 9.17) is 0 Å². The fraction of sp³-hybridized carbons (Fsp3) is 0.261. The van der Waals surface area contributed by atoms with Crippen LogP contribution < -0.4 is 21.5 Å². The lowest BCUT2D eigenvalue weighted by Crippen LogP contribution is -2.27. The number of alkyl halides is 1. The van der Waals surface area contributed by atoms with Gasteiger partial charge in [-0.05, 0) is 24.3 Å². The van der Waals surface area contributed by atoms with E-state index >= 15 is 0 Å². The highest BCUT2D eigenvalue weighted by Gasteiger charge is 2.39. The summed E-state index contributed by atoms with van der Waals surface area (Å²) in [6.07, 6.45) is 3.38. The van der Waals surface area contributed by atoms with Gasteiger partial charge in [-0.25, -0.2) is 18.7 Å². The van der Waals surface area contributed by atoms with Crippen LogP contribution in [0.2, 0.25) is 0 Å². The molecule has 2 unspecified atom stereocenters. The maximum Gasteiger partial charge on any atom is 0.280 e. The Bertz CT molecular complexity index is 1430. The molecule has 12 heteroatoms. The fourth-order valence-electron chi connectivity index (χ4n) is 3.37. The van der Waals surface area contributed by atoms with Crippen LogP contribution in [0.25, 0.3) is 11.5 Å². The van der Waals surface area contributed by atoms with Gasteiger partial charge in [-0.1, -0.05) is 13.8 Å². The number of fused-ring (bicyclic) bond motifs is 1. The van der Waals surface area contributed by atoms with E-state index in [2.05, 4.69) is 31.0 Å². The van der Waals surface area contributed by atoms with Crippen molar-refractivity contribution < 1.29 is 13.6 Å². The number of carbonyl (C=O) groups is 1. The Morgan fingerprint density at radius 1 is 1.23 bits per heavy atom. The summed E-state index contributed by atoms with van der Waals surface area (Å²) in [5.41, 5.74) is -0.0533. The molecule has 1 aliphatic carbocycles. The van der Waals surface area contributed by atoms with Crippen molar-refractivity contribution >= 4 is 28.9 Å². The van der Waals surface area contributed by atoms with E-state index in [1.807, 2.05) is 13.8 Å². The van der Waals surface area contributed by atoms with Gasteiger partial charge in [0.2, 0.25) is 0 Å². The second-order valence-electron chi connectivity index (χ2n) is 7.43. The Kier molecular flexibility index (Phi) is 6.71. The summed E-state index contributed by atoms with van der Waals surface area (Å²) < 4.78 is 29.9. The molecule has 0 radical (unpaired) electrons. The van der Waals surface area contributed by atoms with Crippen LogP contribution in [0.5, 0.6) is 0 Å². The van der Waals surface area contributed by atoms with Crippen LogP contribution in [0.15, 0.2) is 53.7 Å². The highest BCUT2D eigenvalue weighted by Crippen LogP contribution is 2.26. The molecule has 1 amide bonds. The standard InChI is InChI=1S/C21H18F2N8O2.C2H6/c1-24-17-9-16(29-18-11(10-26-31(17)18)20(32)28-15-8-13(15)23)27-14-5-3-7-30(21(14)33)19-12(22)4-2-6-25-19;1-2/h2-7,9-10,13,15,24H,8H2,1H3,(H,27,29)(H,28,32);1-2H3. The van der Waals surface area contributed by atoms with Crippen molar-refractivity contribution in [3.05, 3.63) is 70.7 Å². The first-order valence-electron chi connectivity index (χ1n) is 11.1. The van der Waals surface area contributed by atoms with E-state index in [1.165, 1.54) is 41.3 Å². The summed E-state index contributed by atoms with van der Waals surface area (Å²) in [5.74, 6) is -0.535. The third kappa shape index (κ3) is 4.67. The molecule has 10 nitrogen and oxygen atoms in total. The van der Waals surface area contributed by atoms with E-state index in [0.29, 0.717) is 5.82 Å². The predicted octanol–water partition coefficient (Wildman–Crippen LogP) is 3.07. The van der Waals surface area contributed by atoms with Crippen molar-refractivity contribution in [2.75, 3.05) is 17.7 Å². The van der Waals surface area contributed by atoms with Crippen LogP contribution in [0.4, 0.5) is 26.1 Å².